The lowest BCUT2D eigenvalue weighted by molar-refractivity contribution is -0.133. The highest BCUT2D eigenvalue weighted by Crippen LogP contribution is 2.23. The molecule has 1 aliphatic heterocycles. The van der Waals surface area contributed by atoms with E-state index in [4.69, 9.17) is 11.6 Å². The number of hydrogen-bond acceptors (Lipinski definition) is 2. The van der Waals surface area contributed by atoms with Crippen LogP contribution in [-0.2, 0) is 9.59 Å². The van der Waals surface area contributed by atoms with Crippen molar-refractivity contribution in [2.45, 2.75) is 26.2 Å². The monoisotopic (exact) mass is 322 g/mol. The quantitative estimate of drug-likeness (QED) is 0.782. The van der Waals surface area contributed by atoms with Crippen molar-refractivity contribution in [2.75, 3.05) is 30.4 Å². The fourth-order valence-corrected chi connectivity index (χ4v) is 2.97. The van der Waals surface area contributed by atoms with Crippen molar-refractivity contribution < 1.29 is 9.59 Å². The van der Waals surface area contributed by atoms with E-state index in [9.17, 15) is 9.59 Å². The van der Waals surface area contributed by atoms with Gasteiger partial charge in [0.25, 0.3) is 0 Å². The summed E-state index contributed by atoms with van der Waals surface area (Å²) in [6.07, 6.45) is 2.25. The summed E-state index contributed by atoms with van der Waals surface area (Å²) in [6.45, 7) is 3.56. The van der Waals surface area contributed by atoms with Gasteiger partial charge in [0.1, 0.15) is 0 Å². The maximum Gasteiger partial charge on any atom is 0.230 e. The fourth-order valence-electron chi connectivity index (χ4n) is 2.85. The Labute approximate surface area is 137 Å². The Morgan fingerprint density at radius 3 is 2.41 bits per heavy atom. The first-order valence-electron chi connectivity index (χ1n) is 7.81. The molecule has 0 aromatic heterocycles. The van der Waals surface area contributed by atoms with E-state index in [-0.39, 0.29) is 17.7 Å². The summed E-state index contributed by atoms with van der Waals surface area (Å²) in [5.41, 5.74) is 0.923. The molecule has 0 N–H and O–H groups in total. The van der Waals surface area contributed by atoms with E-state index in [0.29, 0.717) is 25.5 Å². The topological polar surface area (TPSA) is 40.6 Å². The van der Waals surface area contributed by atoms with Crippen LogP contribution < -0.4 is 4.90 Å². The standard InChI is InChI=1S/C17H23ClN2O2/c1-14(21)19-12-8-15(9-13-19)17(22)20(11-5-10-18)16-6-3-2-4-7-16/h2-4,6-7,15H,5,8-13H2,1H3. The summed E-state index contributed by atoms with van der Waals surface area (Å²) >= 11 is 5.80. The van der Waals surface area contributed by atoms with Gasteiger partial charge in [-0.15, -0.1) is 11.6 Å². The number of likely N-dealkylation sites (tertiary alicyclic amines) is 1. The second-order valence-corrected chi connectivity index (χ2v) is 6.03. The number of alkyl halides is 1. The molecule has 1 aliphatic rings. The number of nitrogens with zero attached hydrogens (tertiary/aromatic N) is 2. The lowest BCUT2D eigenvalue weighted by atomic mass is 9.95. The predicted molar refractivity (Wildman–Crippen MR) is 89.1 cm³/mol. The molecule has 4 nitrogen and oxygen atoms in total. The molecule has 0 unspecified atom stereocenters. The molecule has 1 saturated heterocycles. The number of carbonyl (C=O) groups excluding carboxylic acids is 2. The molecule has 0 saturated carbocycles. The number of benzene rings is 1. The Bertz CT molecular complexity index is 499. The van der Waals surface area contributed by atoms with E-state index in [0.717, 1.165) is 24.9 Å². The van der Waals surface area contributed by atoms with Gasteiger partial charge >= 0.3 is 0 Å². The van der Waals surface area contributed by atoms with Crippen molar-refractivity contribution >= 4 is 29.1 Å². The average molecular weight is 323 g/mol. The van der Waals surface area contributed by atoms with Crippen LogP contribution in [-0.4, -0.2) is 42.2 Å². The zero-order chi connectivity index (χ0) is 15.9. The molecule has 1 fully saturated rings. The van der Waals surface area contributed by atoms with Gasteiger partial charge in [0.05, 0.1) is 0 Å². The highest BCUT2D eigenvalue weighted by molar-refractivity contribution is 6.17. The average Bonchev–Trinajstić information content (AvgIpc) is 2.56. The highest BCUT2D eigenvalue weighted by atomic mass is 35.5. The van der Waals surface area contributed by atoms with Crippen LogP contribution in [0.5, 0.6) is 0 Å². The largest absolute Gasteiger partial charge is 0.343 e. The van der Waals surface area contributed by atoms with E-state index < -0.39 is 0 Å². The molecule has 1 heterocycles. The van der Waals surface area contributed by atoms with Crippen LogP contribution in [0.25, 0.3) is 0 Å². The number of rotatable bonds is 5. The molecule has 120 valence electrons. The molecule has 5 heteroatoms. The maximum atomic E-state index is 12.9. The Morgan fingerprint density at radius 2 is 1.86 bits per heavy atom. The minimum atomic E-state index is -0.00821. The molecule has 0 bridgehead atoms. The van der Waals surface area contributed by atoms with Crippen molar-refractivity contribution in [3.63, 3.8) is 0 Å². The molecule has 0 radical (unpaired) electrons. The highest BCUT2D eigenvalue weighted by Gasteiger charge is 2.29. The first-order chi connectivity index (χ1) is 10.6. The second kappa shape index (κ2) is 8.18. The van der Waals surface area contributed by atoms with Gasteiger partial charge in [-0.2, -0.15) is 0 Å². The number of anilines is 1. The van der Waals surface area contributed by atoms with Crippen molar-refractivity contribution in [3.8, 4) is 0 Å². The smallest absolute Gasteiger partial charge is 0.230 e. The van der Waals surface area contributed by atoms with Gasteiger partial charge < -0.3 is 9.80 Å². The number of carbonyl (C=O) groups is 2. The fraction of sp³-hybridized carbons (Fsp3) is 0.529. The first kappa shape index (κ1) is 16.8. The van der Waals surface area contributed by atoms with E-state index in [1.165, 1.54) is 0 Å². The van der Waals surface area contributed by atoms with Gasteiger partial charge in [0.2, 0.25) is 11.8 Å². The zero-order valence-electron chi connectivity index (χ0n) is 13.0. The van der Waals surface area contributed by atoms with Gasteiger partial charge in [-0.25, -0.2) is 0 Å². The van der Waals surface area contributed by atoms with Crippen LogP contribution in [0.15, 0.2) is 30.3 Å². The van der Waals surface area contributed by atoms with E-state index in [2.05, 4.69) is 0 Å². The molecule has 1 aromatic rings. The van der Waals surface area contributed by atoms with Crippen molar-refractivity contribution in [1.29, 1.82) is 0 Å². The Morgan fingerprint density at radius 1 is 1.23 bits per heavy atom. The van der Waals surface area contributed by atoms with Gasteiger partial charge in [-0.3, -0.25) is 9.59 Å². The SMILES string of the molecule is CC(=O)N1CCC(C(=O)N(CCCCl)c2ccccc2)CC1. The molecule has 1 aromatic carbocycles. The minimum absolute atomic E-state index is 0.00821. The van der Waals surface area contributed by atoms with Crippen LogP contribution in [0, 0.1) is 5.92 Å². The Hall–Kier alpha value is -1.55. The minimum Gasteiger partial charge on any atom is -0.343 e. The molecule has 0 spiro atoms. The Kier molecular flexibility index (Phi) is 6.25. The summed E-state index contributed by atoms with van der Waals surface area (Å²) < 4.78 is 0. The first-order valence-corrected chi connectivity index (χ1v) is 8.35. The normalized spacial score (nSPS) is 15.6. The number of piperidine rings is 1. The summed E-state index contributed by atoms with van der Waals surface area (Å²) in [4.78, 5) is 27.9. The third kappa shape index (κ3) is 4.23. The van der Waals surface area contributed by atoms with E-state index in [1.807, 2.05) is 40.1 Å². The van der Waals surface area contributed by atoms with Crippen molar-refractivity contribution in [3.05, 3.63) is 30.3 Å². The van der Waals surface area contributed by atoms with Crippen molar-refractivity contribution in [1.82, 2.24) is 4.90 Å². The maximum absolute atomic E-state index is 12.9. The van der Waals surface area contributed by atoms with Crippen LogP contribution in [0.2, 0.25) is 0 Å². The lowest BCUT2D eigenvalue weighted by Crippen LogP contribution is -2.44. The Balaban J connectivity index is 2.05. The molecular formula is C17H23ClN2O2. The number of para-hydroxylation sites is 1. The van der Waals surface area contributed by atoms with Crippen LogP contribution >= 0.6 is 11.6 Å². The van der Waals surface area contributed by atoms with Gasteiger partial charge in [0.15, 0.2) is 0 Å². The summed E-state index contributed by atoms with van der Waals surface area (Å²) in [7, 11) is 0. The molecule has 22 heavy (non-hydrogen) atoms. The molecule has 0 atom stereocenters. The van der Waals surface area contributed by atoms with Gasteiger partial charge in [-0.1, -0.05) is 18.2 Å². The third-order valence-electron chi connectivity index (χ3n) is 4.14. The summed E-state index contributed by atoms with van der Waals surface area (Å²) in [5, 5.41) is 0. The molecular weight excluding hydrogens is 300 g/mol. The lowest BCUT2D eigenvalue weighted by Gasteiger charge is -2.34. The molecule has 0 aliphatic carbocycles. The number of halogens is 1. The van der Waals surface area contributed by atoms with Crippen LogP contribution in [0.1, 0.15) is 26.2 Å². The zero-order valence-corrected chi connectivity index (χ0v) is 13.8. The van der Waals surface area contributed by atoms with E-state index in [1.54, 1.807) is 6.92 Å². The van der Waals surface area contributed by atoms with Crippen molar-refractivity contribution in [2.24, 2.45) is 5.92 Å². The van der Waals surface area contributed by atoms with Gasteiger partial charge in [-0.05, 0) is 31.4 Å². The predicted octanol–water partition coefficient (Wildman–Crippen LogP) is 2.91. The van der Waals surface area contributed by atoms with Crippen LogP contribution in [0.4, 0.5) is 5.69 Å². The van der Waals surface area contributed by atoms with E-state index >= 15 is 0 Å². The third-order valence-corrected chi connectivity index (χ3v) is 4.41. The summed E-state index contributed by atoms with van der Waals surface area (Å²) in [6, 6.07) is 9.73. The number of hydrogen-bond donors (Lipinski definition) is 0. The molecule has 2 amide bonds. The second-order valence-electron chi connectivity index (χ2n) is 5.65. The van der Waals surface area contributed by atoms with Crippen LogP contribution in [0.3, 0.4) is 0 Å². The molecule has 2 rings (SSSR count). The summed E-state index contributed by atoms with van der Waals surface area (Å²) in [5.74, 6) is 0.776. The van der Waals surface area contributed by atoms with Gasteiger partial charge in [0, 0.05) is 44.0 Å². The number of amides is 2.